The third kappa shape index (κ3) is 9.34. The third-order valence-electron chi connectivity index (χ3n) is 2.53. The second-order valence-corrected chi connectivity index (χ2v) is 6.78. The van der Waals surface area contributed by atoms with Gasteiger partial charge in [0.05, 0.1) is 6.61 Å². The molecule has 0 amide bonds. The van der Waals surface area contributed by atoms with Gasteiger partial charge in [0.25, 0.3) is 10.2 Å². The van der Waals surface area contributed by atoms with Crippen molar-refractivity contribution < 1.29 is 13.2 Å². The van der Waals surface area contributed by atoms with Gasteiger partial charge in [0.1, 0.15) is 0 Å². The molecular formula is C12H29N3O3S. The van der Waals surface area contributed by atoms with Crippen molar-refractivity contribution in [1.29, 1.82) is 0 Å². The van der Waals surface area contributed by atoms with E-state index in [0.717, 1.165) is 13.0 Å². The molecule has 0 aromatic heterocycles. The molecule has 0 aliphatic carbocycles. The van der Waals surface area contributed by atoms with Crippen LogP contribution in [0.1, 0.15) is 34.1 Å². The minimum absolute atomic E-state index is 0.221. The first-order valence-electron chi connectivity index (χ1n) is 6.84. The Balaban J connectivity index is 4.03. The van der Waals surface area contributed by atoms with Gasteiger partial charge in [0, 0.05) is 32.3 Å². The molecule has 1 atom stereocenters. The zero-order chi connectivity index (χ0) is 14.9. The maximum atomic E-state index is 12.0. The van der Waals surface area contributed by atoms with Gasteiger partial charge in [-0.2, -0.15) is 17.4 Å². The van der Waals surface area contributed by atoms with Crippen molar-refractivity contribution in [2.45, 2.75) is 46.2 Å². The molecule has 0 heterocycles. The second-order valence-electron chi connectivity index (χ2n) is 4.97. The van der Waals surface area contributed by atoms with Gasteiger partial charge in [-0.1, -0.05) is 13.8 Å². The number of ether oxygens (including phenoxy) is 1. The maximum absolute atomic E-state index is 12.0. The molecule has 6 nitrogen and oxygen atoms in total. The van der Waals surface area contributed by atoms with Crippen LogP contribution in [-0.2, 0) is 14.9 Å². The highest BCUT2D eigenvalue weighted by Gasteiger charge is 2.19. The number of hydrogen-bond acceptors (Lipinski definition) is 4. The highest BCUT2D eigenvalue weighted by atomic mass is 32.2. The topological polar surface area (TPSA) is 70.7 Å². The van der Waals surface area contributed by atoms with Gasteiger partial charge in [0.2, 0.25) is 0 Å². The van der Waals surface area contributed by atoms with Crippen molar-refractivity contribution in [3.8, 4) is 0 Å². The summed E-state index contributed by atoms with van der Waals surface area (Å²) in [7, 11) is -1.83. The summed E-state index contributed by atoms with van der Waals surface area (Å²) < 4.78 is 33.1. The Hall–Kier alpha value is -0.210. The van der Waals surface area contributed by atoms with Crippen molar-refractivity contribution in [3.05, 3.63) is 0 Å². The van der Waals surface area contributed by atoms with Crippen LogP contribution in [0, 0.1) is 0 Å². The third-order valence-corrected chi connectivity index (χ3v) is 4.24. The van der Waals surface area contributed by atoms with Crippen LogP contribution in [0.15, 0.2) is 0 Å². The first-order valence-corrected chi connectivity index (χ1v) is 8.28. The molecule has 1 unspecified atom stereocenters. The molecule has 2 N–H and O–H groups in total. The molecule has 0 aliphatic rings. The van der Waals surface area contributed by atoms with Gasteiger partial charge in [-0.05, 0) is 26.8 Å². The number of hydrogen-bond donors (Lipinski definition) is 2. The molecule has 0 rings (SSSR count). The monoisotopic (exact) mass is 295 g/mol. The molecule has 0 saturated heterocycles. The van der Waals surface area contributed by atoms with E-state index >= 15 is 0 Å². The first kappa shape index (κ1) is 18.8. The maximum Gasteiger partial charge on any atom is 0.279 e. The van der Waals surface area contributed by atoms with Crippen molar-refractivity contribution in [2.24, 2.45) is 0 Å². The Kier molecular flexibility index (Phi) is 9.55. The predicted molar refractivity (Wildman–Crippen MR) is 78.4 cm³/mol. The van der Waals surface area contributed by atoms with Crippen molar-refractivity contribution >= 4 is 10.2 Å². The van der Waals surface area contributed by atoms with Crippen LogP contribution < -0.4 is 10.0 Å². The van der Waals surface area contributed by atoms with Gasteiger partial charge in [-0.25, -0.2) is 0 Å². The van der Waals surface area contributed by atoms with Crippen molar-refractivity contribution in [1.82, 2.24) is 14.3 Å². The molecule has 0 bridgehead atoms. The zero-order valence-electron chi connectivity index (χ0n) is 12.8. The fourth-order valence-corrected chi connectivity index (χ4v) is 2.61. The fraction of sp³-hybridized carbons (Fsp3) is 1.00. The number of nitrogens with zero attached hydrogens (tertiary/aromatic N) is 1. The molecule has 0 aliphatic heterocycles. The molecule has 19 heavy (non-hydrogen) atoms. The zero-order valence-corrected chi connectivity index (χ0v) is 13.6. The Morgan fingerprint density at radius 1 is 1.26 bits per heavy atom. The summed E-state index contributed by atoms with van der Waals surface area (Å²) in [5.41, 5.74) is 0. The number of nitrogens with one attached hydrogen (secondary N) is 2. The van der Waals surface area contributed by atoms with Crippen molar-refractivity contribution in [3.63, 3.8) is 0 Å². The van der Waals surface area contributed by atoms with Crippen LogP contribution in [0.2, 0.25) is 0 Å². The SMILES string of the molecule is CCOCC(C)NS(=O)(=O)N(C)CCCNC(C)C. The van der Waals surface area contributed by atoms with E-state index in [-0.39, 0.29) is 6.04 Å². The molecule has 0 saturated carbocycles. The van der Waals surface area contributed by atoms with Crippen LogP contribution in [0.25, 0.3) is 0 Å². The lowest BCUT2D eigenvalue weighted by molar-refractivity contribution is 0.133. The van der Waals surface area contributed by atoms with Crippen LogP contribution in [-0.4, -0.2) is 58.2 Å². The van der Waals surface area contributed by atoms with Gasteiger partial charge in [0.15, 0.2) is 0 Å². The Morgan fingerprint density at radius 2 is 1.89 bits per heavy atom. The van der Waals surface area contributed by atoms with E-state index in [1.54, 1.807) is 14.0 Å². The quantitative estimate of drug-likeness (QED) is 0.547. The van der Waals surface area contributed by atoms with E-state index in [0.29, 0.717) is 25.8 Å². The van der Waals surface area contributed by atoms with Gasteiger partial charge in [-0.3, -0.25) is 0 Å². The fourth-order valence-electron chi connectivity index (χ4n) is 1.49. The smallest absolute Gasteiger partial charge is 0.279 e. The summed E-state index contributed by atoms with van der Waals surface area (Å²) in [5.74, 6) is 0. The van der Waals surface area contributed by atoms with E-state index in [9.17, 15) is 8.42 Å². The van der Waals surface area contributed by atoms with Gasteiger partial charge in [-0.15, -0.1) is 0 Å². The molecule has 0 fully saturated rings. The molecular weight excluding hydrogens is 266 g/mol. The Labute approximate surface area is 118 Å². The van der Waals surface area contributed by atoms with Gasteiger partial charge < -0.3 is 10.1 Å². The summed E-state index contributed by atoms with van der Waals surface area (Å²) in [6, 6.07) is 0.201. The van der Waals surface area contributed by atoms with Crippen LogP contribution >= 0.6 is 0 Å². The largest absolute Gasteiger partial charge is 0.380 e. The molecule has 116 valence electrons. The van der Waals surface area contributed by atoms with Gasteiger partial charge >= 0.3 is 0 Å². The molecule has 0 aromatic rings. The van der Waals surface area contributed by atoms with E-state index in [2.05, 4.69) is 23.9 Å². The highest BCUT2D eigenvalue weighted by Crippen LogP contribution is 1.98. The average molecular weight is 295 g/mol. The molecule has 0 aromatic carbocycles. The van der Waals surface area contributed by atoms with Crippen molar-refractivity contribution in [2.75, 3.05) is 33.4 Å². The molecule has 7 heteroatoms. The summed E-state index contributed by atoms with van der Waals surface area (Å²) in [5, 5.41) is 3.26. The molecule has 0 radical (unpaired) electrons. The molecule has 0 spiro atoms. The lowest BCUT2D eigenvalue weighted by Gasteiger charge is -2.21. The van der Waals surface area contributed by atoms with Crippen LogP contribution in [0.4, 0.5) is 0 Å². The van der Waals surface area contributed by atoms with E-state index < -0.39 is 10.2 Å². The summed E-state index contributed by atoms with van der Waals surface area (Å²) in [6.45, 7) is 10.1. The lowest BCUT2D eigenvalue weighted by atomic mass is 10.3. The predicted octanol–water partition coefficient (Wildman–Crippen LogP) is 0.566. The summed E-state index contributed by atoms with van der Waals surface area (Å²) >= 11 is 0. The van der Waals surface area contributed by atoms with Crippen LogP contribution in [0.3, 0.4) is 0 Å². The minimum atomic E-state index is -3.42. The Morgan fingerprint density at radius 3 is 2.42 bits per heavy atom. The van der Waals surface area contributed by atoms with E-state index in [4.69, 9.17) is 4.74 Å². The second kappa shape index (κ2) is 9.66. The van der Waals surface area contributed by atoms with Crippen LogP contribution in [0.5, 0.6) is 0 Å². The average Bonchev–Trinajstić information content (AvgIpc) is 2.30. The normalized spacial score (nSPS) is 14.3. The minimum Gasteiger partial charge on any atom is -0.380 e. The number of rotatable bonds is 11. The lowest BCUT2D eigenvalue weighted by Crippen LogP contribution is -2.45. The van der Waals surface area contributed by atoms with E-state index in [1.807, 2.05) is 6.92 Å². The first-order chi connectivity index (χ1) is 8.79. The van der Waals surface area contributed by atoms with E-state index in [1.165, 1.54) is 4.31 Å². The summed E-state index contributed by atoms with van der Waals surface area (Å²) in [6.07, 6.45) is 0.787. The summed E-state index contributed by atoms with van der Waals surface area (Å²) in [4.78, 5) is 0. The standard InChI is InChI=1S/C12H29N3O3S/c1-6-18-10-12(4)14-19(16,17)15(5)9-7-8-13-11(2)3/h11-14H,6-10H2,1-5H3. The Bertz CT molecular complexity index is 320. The highest BCUT2D eigenvalue weighted by molar-refractivity contribution is 7.87.